The molecule has 0 aliphatic carbocycles. The van der Waals surface area contributed by atoms with Crippen molar-refractivity contribution in [3.63, 3.8) is 0 Å². The lowest BCUT2D eigenvalue weighted by atomic mass is 9.97. The fraction of sp³-hybridized carbons (Fsp3) is 0.625. The summed E-state index contributed by atoms with van der Waals surface area (Å²) < 4.78 is 0. The summed E-state index contributed by atoms with van der Waals surface area (Å²) in [7, 11) is 0. The molecule has 1 atom stereocenters. The van der Waals surface area contributed by atoms with Crippen LogP contribution in [0.4, 0.5) is 0 Å². The Morgan fingerprint density at radius 3 is 2.41 bits per heavy atom. The molecule has 1 aromatic rings. The van der Waals surface area contributed by atoms with Gasteiger partial charge >= 0.3 is 0 Å². The van der Waals surface area contributed by atoms with E-state index in [4.69, 9.17) is 0 Å². The van der Waals surface area contributed by atoms with Crippen LogP contribution in [0.2, 0.25) is 0 Å². The molecule has 0 saturated carbocycles. The highest BCUT2D eigenvalue weighted by Crippen LogP contribution is 2.12. The Kier molecular flexibility index (Phi) is 6.95. The Labute approximate surface area is 107 Å². The van der Waals surface area contributed by atoms with E-state index in [-0.39, 0.29) is 0 Å². The molecule has 0 aromatic heterocycles. The van der Waals surface area contributed by atoms with Crippen LogP contribution in [0.1, 0.15) is 45.6 Å². The first kappa shape index (κ1) is 14.2. The van der Waals surface area contributed by atoms with Crippen molar-refractivity contribution < 1.29 is 0 Å². The van der Waals surface area contributed by atoms with Crippen molar-refractivity contribution in [1.29, 1.82) is 0 Å². The molecule has 0 heterocycles. The summed E-state index contributed by atoms with van der Waals surface area (Å²) in [4.78, 5) is 0. The normalized spacial score (nSPS) is 12.9. The van der Waals surface area contributed by atoms with Gasteiger partial charge in [0.2, 0.25) is 0 Å². The number of hydrogen-bond donors (Lipinski definition) is 1. The highest BCUT2D eigenvalue weighted by atomic mass is 14.9. The molecular weight excluding hydrogens is 206 g/mol. The van der Waals surface area contributed by atoms with E-state index >= 15 is 0 Å². The molecule has 0 saturated heterocycles. The Morgan fingerprint density at radius 2 is 1.82 bits per heavy atom. The third-order valence-electron chi connectivity index (χ3n) is 3.06. The topological polar surface area (TPSA) is 12.0 Å². The first-order chi connectivity index (χ1) is 8.22. The Bertz CT molecular complexity index is 279. The Balaban J connectivity index is 2.37. The minimum atomic E-state index is 0.676. The monoisotopic (exact) mass is 233 g/mol. The van der Waals surface area contributed by atoms with Gasteiger partial charge in [-0.25, -0.2) is 0 Å². The summed E-state index contributed by atoms with van der Waals surface area (Å²) in [6.45, 7) is 8.00. The minimum Gasteiger partial charge on any atom is -0.314 e. The maximum atomic E-state index is 3.67. The van der Waals surface area contributed by atoms with E-state index < -0.39 is 0 Å². The van der Waals surface area contributed by atoms with Crippen molar-refractivity contribution in [1.82, 2.24) is 5.32 Å². The number of benzene rings is 1. The quantitative estimate of drug-likeness (QED) is 0.714. The first-order valence-electron chi connectivity index (χ1n) is 6.99. The fourth-order valence-corrected chi connectivity index (χ4v) is 2.21. The van der Waals surface area contributed by atoms with E-state index in [9.17, 15) is 0 Å². The van der Waals surface area contributed by atoms with Crippen LogP contribution in [-0.2, 0) is 6.42 Å². The molecule has 1 rings (SSSR count). The molecule has 1 N–H and O–H groups in total. The van der Waals surface area contributed by atoms with Crippen LogP contribution in [0.15, 0.2) is 30.3 Å². The number of nitrogens with one attached hydrogen (secondary N) is 1. The van der Waals surface area contributed by atoms with Crippen molar-refractivity contribution >= 4 is 0 Å². The van der Waals surface area contributed by atoms with Crippen molar-refractivity contribution in [2.45, 2.75) is 52.5 Å². The van der Waals surface area contributed by atoms with Crippen molar-refractivity contribution in [3.05, 3.63) is 35.9 Å². The second-order valence-electron chi connectivity index (χ2n) is 5.30. The molecule has 0 amide bonds. The summed E-state index contributed by atoms with van der Waals surface area (Å²) in [6, 6.07) is 11.5. The Hall–Kier alpha value is -0.820. The van der Waals surface area contributed by atoms with Gasteiger partial charge in [0.05, 0.1) is 0 Å². The van der Waals surface area contributed by atoms with Crippen molar-refractivity contribution in [2.75, 3.05) is 6.54 Å². The molecule has 1 nitrogen and oxygen atoms in total. The van der Waals surface area contributed by atoms with E-state index in [1.807, 2.05) is 0 Å². The standard InChI is InChI=1S/C16H27N/c1-4-12-17-16(13-14(2)3)11-10-15-8-6-5-7-9-15/h5-9,14,16-17H,4,10-13H2,1-3H3. The maximum Gasteiger partial charge on any atom is 0.00726 e. The van der Waals surface area contributed by atoms with Gasteiger partial charge in [0, 0.05) is 6.04 Å². The maximum absolute atomic E-state index is 3.67. The van der Waals surface area contributed by atoms with Crippen LogP contribution in [0.25, 0.3) is 0 Å². The Morgan fingerprint density at radius 1 is 1.12 bits per heavy atom. The molecule has 1 aromatic carbocycles. The predicted octanol–water partition coefficient (Wildman–Crippen LogP) is 4.03. The molecule has 96 valence electrons. The van der Waals surface area contributed by atoms with Crippen LogP contribution in [0, 0.1) is 5.92 Å². The van der Waals surface area contributed by atoms with Crippen LogP contribution in [-0.4, -0.2) is 12.6 Å². The molecule has 1 heteroatoms. The van der Waals surface area contributed by atoms with Gasteiger partial charge in [-0.05, 0) is 43.7 Å². The van der Waals surface area contributed by atoms with E-state index in [1.165, 1.54) is 31.2 Å². The van der Waals surface area contributed by atoms with Gasteiger partial charge in [0.15, 0.2) is 0 Å². The first-order valence-corrected chi connectivity index (χ1v) is 6.99. The van der Waals surface area contributed by atoms with Crippen LogP contribution in [0.3, 0.4) is 0 Å². The zero-order valence-corrected chi connectivity index (χ0v) is 11.6. The highest BCUT2D eigenvalue weighted by Gasteiger charge is 2.09. The number of rotatable bonds is 8. The molecule has 0 fully saturated rings. The molecule has 0 bridgehead atoms. The molecule has 1 unspecified atom stereocenters. The van der Waals surface area contributed by atoms with Gasteiger partial charge in [-0.1, -0.05) is 51.1 Å². The van der Waals surface area contributed by atoms with Crippen LogP contribution in [0.5, 0.6) is 0 Å². The lowest BCUT2D eigenvalue weighted by Crippen LogP contribution is -2.31. The van der Waals surface area contributed by atoms with Crippen LogP contribution < -0.4 is 5.32 Å². The van der Waals surface area contributed by atoms with E-state index in [2.05, 4.69) is 56.4 Å². The summed E-state index contributed by atoms with van der Waals surface area (Å²) in [6.07, 6.45) is 4.95. The van der Waals surface area contributed by atoms with E-state index in [0.29, 0.717) is 6.04 Å². The van der Waals surface area contributed by atoms with Gasteiger partial charge in [0.1, 0.15) is 0 Å². The summed E-state index contributed by atoms with van der Waals surface area (Å²) in [5.74, 6) is 0.778. The van der Waals surface area contributed by atoms with Crippen LogP contribution >= 0.6 is 0 Å². The molecule has 0 aliphatic heterocycles. The summed E-state index contributed by atoms with van der Waals surface area (Å²) >= 11 is 0. The van der Waals surface area contributed by atoms with Gasteiger partial charge in [-0.15, -0.1) is 0 Å². The minimum absolute atomic E-state index is 0.676. The lowest BCUT2D eigenvalue weighted by Gasteiger charge is -2.20. The van der Waals surface area contributed by atoms with Gasteiger partial charge in [-0.2, -0.15) is 0 Å². The zero-order valence-electron chi connectivity index (χ0n) is 11.6. The molecule has 0 aliphatic rings. The zero-order chi connectivity index (χ0) is 12.5. The fourth-order valence-electron chi connectivity index (χ4n) is 2.21. The summed E-state index contributed by atoms with van der Waals surface area (Å²) in [5, 5.41) is 3.67. The summed E-state index contributed by atoms with van der Waals surface area (Å²) in [5.41, 5.74) is 1.46. The third kappa shape index (κ3) is 6.48. The third-order valence-corrected chi connectivity index (χ3v) is 3.06. The van der Waals surface area contributed by atoms with Crippen molar-refractivity contribution in [2.24, 2.45) is 5.92 Å². The average Bonchev–Trinajstić information content (AvgIpc) is 2.33. The largest absolute Gasteiger partial charge is 0.314 e. The SMILES string of the molecule is CCCNC(CCc1ccccc1)CC(C)C. The van der Waals surface area contributed by atoms with Gasteiger partial charge in [0.25, 0.3) is 0 Å². The van der Waals surface area contributed by atoms with E-state index in [1.54, 1.807) is 0 Å². The van der Waals surface area contributed by atoms with Crippen molar-refractivity contribution in [3.8, 4) is 0 Å². The van der Waals surface area contributed by atoms with Gasteiger partial charge in [-0.3, -0.25) is 0 Å². The molecule has 0 spiro atoms. The smallest absolute Gasteiger partial charge is 0.00726 e. The number of aryl methyl sites for hydroxylation is 1. The molecule has 17 heavy (non-hydrogen) atoms. The second kappa shape index (κ2) is 8.30. The van der Waals surface area contributed by atoms with E-state index in [0.717, 1.165) is 12.5 Å². The lowest BCUT2D eigenvalue weighted by molar-refractivity contribution is 0.398. The second-order valence-corrected chi connectivity index (χ2v) is 5.30. The highest BCUT2D eigenvalue weighted by molar-refractivity contribution is 5.14. The van der Waals surface area contributed by atoms with Gasteiger partial charge < -0.3 is 5.32 Å². The average molecular weight is 233 g/mol. The molecule has 0 radical (unpaired) electrons. The number of hydrogen-bond acceptors (Lipinski definition) is 1. The predicted molar refractivity (Wildman–Crippen MR) is 76.3 cm³/mol. The molecular formula is C16H27N.